The number of likely N-dealkylation sites (tertiary alicyclic amines) is 1. The number of carbonyl (C=O) groups is 1. The van der Waals surface area contributed by atoms with E-state index < -0.39 is 0 Å². The lowest BCUT2D eigenvalue weighted by molar-refractivity contribution is 0.0694. The summed E-state index contributed by atoms with van der Waals surface area (Å²) >= 11 is 0. The van der Waals surface area contributed by atoms with Gasteiger partial charge in [-0.1, -0.05) is 17.3 Å². The normalized spacial score (nSPS) is 18.5. The van der Waals surface area contributed by atoms with Crippen molar-refractivity contribution in [3.8, 4) is 0 Å². The quantitative estimate of drug-likeness (QED) is 0.789. The van der Waals surface area contributed by atoms with Gasteiger partial charge in [0.05, 0.1) is 11.0 Å². The highest BCUT2D eigenvalue weighted by atomic mass is 16.5. The number of aryl methyl sites for hydroxylation is 1. The minimum Gasteiger partial charge on any atom is -0.364 e. The zero-order chi connectivity index (χ0) is 15.8. The average Bonchev–Trinajstić information content (AvgIpc) is 3.24. The first-order valence-corrected chi connectivity index (χ1v) is 7.87. The van der Waals surface area contributed by atoms with Crippen LogP contribution in [0.1, 0.15) is 40.6 Å². The summed E-state index contributed by atoms with van der Waals surface area (Å²) in [4.78, 5) is 22.5. The Bertz CT molecular complexity index is 838. The minimum absolute atomic E-state index is 0.0734. The SMILES string of the molecule is Cc1cccc2[nH]c(C3CCCN(C(=O)c4ccon4)C3)nc12. The number of nitrogens with one attached hydrogen (secondary N) is 1. The highest BCUT2D eigenvalue weighted by Gasteiger charge is 2.28. The number of carbonyl (C=O) groups excluding carboxylic acids is 1. The lowest BCUT2D eigenvalue weighted by atomic mass is 9.97. The van der Waals surface area contributed by atoms with Crippen LogP contribution in [0.25, 0.3) is 11.0 Å². The second-order valence-electron chi connectivity index (χ2n) is 6.07. The predicted octanol–water partition coefficient (Wildman–Crippen LogP) is 2.88. The molecule has 4 rings (SSSR count). The number of para-hydroxylation sites is 1. The highest BCUT2D eigenvalue weighted by Crippen LogP contribution is 2.28. The first-order valence-electron chi connectivity index (χ1n) is 7.87. The van der Waals surface area contributed by atoms with E-state index in [1.54, 1.807) is 6.07 Å². The topological polar surface area (TPSA) is 75.0 Å². The van der Waals surface area contributed by atoms with E-state index in [0.717, 1.165) is 41.8 Å². The van der Waals surface area contributed by atoms with E-state index in [2.05, 4.69) is 23.1 Å². The van der Waals surface area contributed by atoms with E-state index in [9.17, 15) is 4.79 Å². The molecule has 1 aliphatic heterocycles. The third-order valence-electron chi connectivity index (χ3n) is 4.48. The summed E-state index contributed by atoms with van der Waals surface area (Å²) in [6.45, 7) is 3.47. The second-order valence-corrected chi connectivity index (χ2v) is 6.07. The van der Waals surface area contributed by atoms with Gasteiger partial charge >= 0.3 is 0 Å². The third kappa shape index (κ3) is 2.50. The van der Waals surface area contributed by atoms with Gasteiger partial charge in [0.25, 0.3) is 5.91 Å². The fraction of sp³-hybridized carbons (Fsp3) is 0.353. The van der Waals surface area contributed by atoms with Gasteiger partial charge in [-0.05, 0) is 31.4 Å². The van der Waals surface area contributed by atoms with Crippen molar-refractivity contribution in [1.82, 2.24) is 20.0 Å². The number of aromatic nitrogens is 3. The second kappa shape index (κ2) is 5.53. The maximum Gasteiger partial charge on any atom is 0.276 e. The molecule has 1 fully saturated rings. The maximum atomic E-state index is 12.4. The van der Waals surface area contributed by atoms with E-state index in [0.29, 0.717) is 12.2 Å². The molecule has 1 aliphatic rings. The van der Waals surface area contributed by atoms with Crippen molar-refractivity contribution in [2.45, 2.75) is 25.7 Å². The number of hydrogen-bond donors (Lipinski definition) is 1. The Labute approximate surface area is 133 Å². The van der Waals surface area contributed by atoms with E-state index in [-0.39, 0.29) is 11.8 Å². The molecular formula is C17H18N4O2. The van der Waals surface area contributed by atoms with Gasteiger partial charge in [0.15, 0.2) is 5.69 Å². The summed E-state index contributed by atoms with van der Waals surface area (Å²) in [5.74, 6) is 1.12. The summed E-state index contributed by atoms with van der Waals surface area (Å²) in [6, 6.07) is 7.74. The molecule has 6 nitrogen and oxygen atoms in total. The Balaban J connectivity index is 1.59. The molecule has 118 valence electrons. The molecule has 1 unspecified atom stereocenters. The van der Waals surface area contributed by atoms with Gasteiger partial charge in [-0.25, -0.2) is 4.98 Å². The molecule has 0 saturated carbocycles. The Morgan fingerprint density at radius 3 is 3.09 bits per heavy atom. The highest BCUT2D eigenvalue weighted by molar-refractivity contribution is 5.92. The zero-order valence-electron chi connectivity index (χ0n) is 13.0. The summed E-state index contributed by atoms with van der Waals surface area (Å²) < 4.78 is 4.77. The molecule has 0 bridgehead atoms. The molecule has 0 radical (unpaired) electrons. The molecule has 1 amide bonds. The fourth-order valence-electron chi connectivity index (χ4n) is 3.26. The molecule has 23 heavy (non-hydrogen) atoms. The van der Waals surface area contributed by atoms with Gasteiger partial charge in [0.1, 0.15) is 12.1 Å². The van der Waals surface area contributed by atoms with Crippen molar-refractivity contribution in [3.05, 3.63) is 47.6 Å². The number of fused-ring (bicyclic) bond motifs is 1. The lowest BCUT2D eigenvalue weighted by Gasteiger charge is -2.31. The Kier molecular flexibility index (Phi) is 3.37. The van der Waals surface area contributed by atoms with Crippen molar-refractivity contribution < 1.29 is 9.32 Å². The fourth-order valence-corrected chi connectivity index (χ4v) is 3.26. The zero-order valence-corrected chi connectivity index (χ0v) is 13.0. The predicted molar refractivity (Wildman–Crippen MR) is 85.2 cm³/mol. The van der Waals surface area contributed by atoms with Gasteiger partial charge in [-0.15, -0.1) is 0 Å². The number of rotatable bonds is 2. The monoisotopic (exact) mass is 310 g/mol. The first kappa shape index (κ1) is 14.0. The van der Waals surface area contributed by atoms with E-state index >= 15 is 0 Å². The van der Waals surface area contributed by atoms with Crippen LogP contribution < -0.4 is 0 Å². The number of imidazole rings is 1. The molecule has 1 N–H and O–H groups in total. The summed E-state index contributed by atoms with van der Waals surface area (Å²) in [7, 11) is 0. The molecule has 3 aromatic rings. The van der Waals surface area contributed by atoms with Crippen molar-refractivity contribution in [2.75, 3.05) is 13.1 Å². The van der Waals surface area contributed by atoms with Crippen LogP contribution in [0.3, 0.4) is 0 Å². The van der Waals surface area contributed by atoms with Gasteiger partial charge in [-0.2, -0.15) is 0 Å². The molecule has 3 heterocycles. The van der Waals surface area contributed by atoms with Crippen molar-refractivity contribution in [2.24, 2.45) is 0 Å². The maximum absolute atomic E-state index is 12.4. The van der Waals surface area contributed by atoms with Crippen molar-refractivity contribution >= 4 is 16.9 Å². The standard InChI is InChI=1S/C17H18N4O2/c1-11-4-2-6-13-15(11)19-16(18-13)12-5-3-8-21(10-12)17(22)14-7-9-23-20-14/h2,4,6-7,9,12H,3,5,8,10H2,1H3,(H,18,19). The van der Waals surface area contributed by atoms with Crippen LogP contribution in [0.15, 0.2) is 35.1 Å². The Hall–Kier alpha value is -2.63. The van der Waals surface area contributed by atoms with E-state index in [1.165, 1.54) is 6.26 Å². The van der Waals surface area contributed by atoms with Crippen LogP contribution in [-0.4, -0.2) is 39.0 Å². The molecule has 6 heteroatoms. The third-order valence-corrected chi connectivity index (χ3v) is 4.48. The average molecular weight is 310 g/mol. The number of nitrogens with zero attached hydrogens (tertiary/aromatic N) is 3. The summed E-state index contributed by atoms with van der Waals surface area (Å²) in [5.41, 5.74) is 3.60. The molecule has 0 aliphatic carbocycles. The molecule has 1 saturated heterocycles. The van der Waals surface area contributed by atoms with Crippen molar-refractivity contribution in [3.63, 3.8) is 0 Å². The molecular weight excluding hydrogens is 292 g/mol. The summed E-state index contributed by atoms with van der Waals surface area (Å²) in [6.07, 6.45) is 3.42. The van der Waals surface area contributed by atoms with E-state index in [4.69, 9.17) is 9.51 Å². The van der Waals surface area contributed by atoms with Crippen LogP contribution >= 0.6 is 0 Å². The molecule has 2 aromatic heterocycles. The van der Waals surface area contributed by atoms with Gasteiger partial charge < -0.3 is 14.4 Å². The smallest absolute Gasteiger partial charge is 0.276 e. The van der Waals surface area contributed by atoms with Crippen LogP contribution in [0.5, 0.6) is 0 Å². The van der Waals surface area contributed by atoms with Gasteiger partial charge in [0, 0.05) is 25.1 Å². The molecule has 1 aromatic carbocycles. The Morgan fingerprint density at radius 2 is 2.30 bits per heavy atom. The largest absolute Gasteiger partial charge is 0.364 e. The molecule has 1 atom stereocenters. The number of H-pyrrole nitrogens is 1. The summed E-state index contributed by atoms with van der Waals surface area (Å²) in [5, 5.41) is 3.75. The number of amides is 1. The van der Waals surface area contributed by atoms with Crippen LogP contribution in [0, 0.1) is 6.92 Å². The van der Waals surface area contributed by atoms with Gasteiger partial charge in [0.2, 0.25) is 0 Å². The number of benzene rings is 1. The van der Waals surface area contributed by atoms with Crippen LogP contribution in [0.2, 0.25) is 0 Å². The first-order chi connectivity index (χ1) is 11.2. The Morgan fingerprint density at radius 1 is 1.39 bits per heavy atom. The molecule has 0 spiro atoms. The van der Waals surface area contributed by atoms with Gasteiger partial charge in [-0.3, -0.25) is 4.79 Å². The lowest BCUT2D eigenvalue weighted by Crippen LogP contribution is -2.39. The minimum atomic E-state index is -0.0734. The number of piperidine rings is 1. The van der Waals surface area contributed by atoms with Crippen LogP contribution in [-0.2, 0) is 0 Å². The number of hydrogen-bond acceptors (Lipinski definition) is 4. The number of aromatic amines is 1. The van der Waals surface area contributed by atoms with Crippen molar-refractivity contribution in [1.29, 1.82) is 0 Å². The van der Waals surface area contributed by atoms with E-state index in [1.807, 2.05) is 17.0 Å². The van der Waals surface area contributed by atoms with Crippen LogP contribution in [0.4, 0.5) is 0 Å².